The molecule has 0 saturated carbocycles. The standard InChI is InChI=1S/C16H24N2O/c1-12(2)16(19)18-10-9-17(11-14(18)4)15-7-5-13(3)6-8-15/h5-8,12,14H,9-11H2,1-4H3/t14-/m1/s1. The van der Waals surface area contributed by atoms with E-state index >= 15 is 0 Å². The van der Waals surface area contributed by atoms with Crippen LogP contribution < -0.4 is 4.90 Å². The second kappa shape index (κ2) is 5.64. The smallest absolute Gasteiger partial charge is 0.225 e. The zero-order chi connectivity index (χ0) is 14.0. The number of benzene rings is 1. The Morgan fingerprint density at radius 1 is 1.21 bits per heavy atom. The Kier molecular flexibility index (Phi) is 4.13. The van der Waals surface area contributed by atoms with Gasteiger partial charge in [-0.3, -0.25) is 4.79 Å². The van der Waals surface area contributed by atoms with Crippen molar-refractivity contribution in [1.82, 2.24) is 4.90 Å². The summed E-state index contributed by atoms with van der Waals surface area (Å²) in [5, 5.41) is 0. The van der Waals surface area contributed by atoms with E-state index in [1.807, 2.05) is 18.7 Å². The van der Waals surface area contributed by atoms with Crippen LogP contribution >= 0.6 is 0 Å². The Morgan fingerprint density at radius 3 is 2.37 bits per heavy atom. The molecule has 1 aromatic rings. The third-order valence-electron chi connectivity index (χ3n) is 3.80. The number of carbonyl (C=O) groups excluding carboxylic acids is 1. The summed E-state index contributed by atoms with van der Waals surface area (Å²) in [5.74, 6) is 0.365. The van der Waals surface area contributed by atoms with Crippen LogP contribution in [0.5, 0.6) is 0 Å². The summed E-state index contributed by atoms with van der Waals surface area (Å²) in [6.45, 7) is 10.9. The van der Waals surface area contributed by atoms with E-state index in [-0.39, 0.29) is 17.9 Å². The van der Waals surface area contributed by atoms with E-state index in [1.165, 1.54) is 11.3 Å². The molecule has 3 heteroatoms. The molecule has 0 aliphatic carbocycles. The van der Waals surface area contributed by atoms with Crippen LogP contribution in [0.4, 0.5) is 5.69 Å². The average molecular weight is 260 g/mol. The van der Waals surface area contributed by atoms with Crippen molar-refractivity contribution in [2.45, 2.75) is 33.7 Å². The molecule has 0 N–H and O–H groups in total. The first-order valence-corrected chi connectivity index (χ1v) is 7.11. The molecule has 1 saturated heterocycles. The number of nitrogens with zero attached hydrogens (tertiary/aromatic N) is 2. The monoisotopic (exact) mass is 260 g/mol. The van der Waals surface area contributed by atoms with Gasteiger partial charge in [0.15, 0.2) is 0 Å². The van der Waals surface area contributed by atoms with Crippen LogP contribution in [0.25, 0.3) is 0 Å². The fourth-order valence-electron chi connectivity index (χ4n) is 2.61. The minimum atomic E-state index is 0.0911. The molecule has 1 atom stereocenters. The Balaban J connectivity index is 2.04. The normalized spacial score (nSPS) is 19.9. The van der Waals surface area contributed by atoms with Gasteiger partial charge in [0.05, 0.1) is 0 Å². The van der Waals surface area contributed by atoms with Gasteiger partial charge in [-0.15, -0.1) is 0 Å². The van der Waals surface area contributed by atoms with Crippen molar-refractivity contribution in [3.05, 3.63) is 29.8 Å². The van der Waals surface area contributed by atoms with Crippen LogP contribution in [0.3, 0.4) is 0 Å². The summed E-state index contributed by atoms with van der Waals surface area (Å²) in [6.07, 6.45) is 0. The van der Waals surface area contributed by atoms with Gasteiger partial charge in [-0.25, -0.2) is 0 Å². The zero-order valence-electron chi connectivity index (χ0n) is 12.4. The molecule has 2 rings (SSSR count). The minimum absolute atomic E-state index is 0.0911. The summed E-state index contributed by atoms with van der Waals surface area (Å²) in [4.78, 5) is 16.5. The number of hydrogen-bond donors (Lipinski definition) is 0. The lowest BCUT2D eigenvalue weighted by Crippen LogP contribution is -2.55. The van der Waals surface area contributed by atoms with Crippen molar-refractivity contribution >= 4 is 11.6 Å². The van der Waals surface area contributed by atoms with Crippen LogP contribution in [0.2, 0.25) is 0 Å². The van der Waals surface area contributed by atoms with Crippen molar-refractivity contribution in [3.8, 4) is 0 Å². The van der Waals surface area contributed by atoms with Gasteiger partial charge in [-0.2, -0.15) is 0 Å². The molecule has 3 nitrogen and oxygen atoms in total. The topological polar surface area (TPSA) is 23.6 Å². The Morgan fingerprint density at radius 2 is 1.84 bits per heavy atom. The van der Waals surface area contributed by atoms with Crippen LogP contribution in [0.1, 0.15) is 26.3 Å². The van der Waals surface area contributed by atoms with Crippen molar-refractivity contribution in [3.63, 3.8) is 0 Å². The Bertz CT molecular complexity index is 439. The van der Waals surface area contributed by atoms with Crippen LogP contribution in [-0.2, 0) is 4.79 Å². The largest absolute Gasteiger partial charge is 0.368 e. The molecular weight excluding hydrogens is 236 g/mol. The maximum Gasteiger partial charge on any atom is 0.225 e. The lowest BCUT2D eigenvalue weighted by atomic mass is 10.1. The highest BCUT2D eigenvalue weighted by molar-refractivity contribution is 5.78. The predicted octanol–water partition coefficient (Wildman–Crippen LogP) is 2.69. The highest BCUT2D eigenvalue weighted by atomic mass is 16.2. The minimum Gasteiger partial charge on any atom is -0.368 e. The van der Waals surface area contributed by atoms with E-state index in [2.05, 4.69) is 43.0 Å². The number of piperazine rings is 1. The van der Waals surface area contributed by atoms with Gasteiger partial charge in [0.1, 0.15) is 0 Å². The summed E-state index contributed by atoms with van der Waals surface area (Å²) >= 11 is 0. The summed E-state index contributed by atoms with van der Waals surface area (Å²) in [6, 6.07) is 8.91. The number of hydrogen-bond acceptors (Lipinski definition) is 2. The third-order valence-corrected chi connectivity index (χ3v) is 3.80. The highest BCUT2D eigenvalue weighted by Crippen LogP contribution is 2.20. The number of rotatable bonds is 2. The van der Waals surface area contributed by atoms with E-state index in [0.717, 1.165) is 19.6 Å². The summed E-state index contributed by atoms with van der Waals surface area (Å²) in [5.41, 5.74) is 2.54. The predicted molar refractivity (Wildman–Crippen MR) is 79.4 cm³/mol. The number of aryl methyl sites for hydroxylation is 1. The number of amides is 1. The molecule has 1 aliphatic heterocycles. The average Bonchev–Trinajstić information content (AvgIpc) is 2.38. The molecule has 1 fully saturated rings. The fraction of sp³-hybridized carbons (Fsp3) is 0.562. The van der Waals surface area contributed by atoms with Crippen molar-refractivity contribution < 1.29 is 4.79 Å². The van der Waals surface area contributed by atoms with Gasteiger partial charge in [0.25, 0.3) is 0 Å². The first-order chi connectivity index (χ1) is 8.99. The van der Waals surface area contributed by atoms with Gasteiger partial charge < -0.3 is 9.80 Å². The van der Waals surface area contributed by atoms with Gasteiger partial charge in [-0.05, 0) is 26.0 Å². The number of carbonyl (C=O) groups is 1. The van der Waals surface area contributed by atoms with E-state index < -0.39 is 0 Å². The maximum absolute atomic E-state index is 12.1. The van der Waals surface area contributed by atoms with Gasteiger partial charge in [0.2, 0.25) is 5.91 Å². The van der Waals surface area contributed by atoms with E-state index in [4.69, 9.17) is 0 Å². The van der Waals surface area contributed by atoms with Gasteiger partial charge >= 0.3 is 0 Å². The third kappa shape index (κ3) is 3.09. The summed E-state index contributed by atoms with van der Waals surface area (Å²) in [7, 11) is 0. The molecule has 0 unspecified atom stereocenters. The van der Waals surface area contributed by atoms with Crippen molar-refractivity contribution in [2.24, 2.45) is 5.92 Å². The second-order valence-electron chi connectivity index (χ2n) is 5.82. The molecule has 1 amide bonds. The quantitative estimate of drug-likeness (QED) is 0.816. The SMILES string of the molecule is Cc1ccc(N2CCN(C(=O)C(C)C)[C@H](C)C2)cc1. The molecule has 0 spiro atoms. The van der Waals surface area contributed by atoms with Crippen LogP contribution in [0, 0.1) is 12.8 Å². The van der Waals surface area contributed by atoms with Gasteiger partial charge in [0, 0.05) is 37.3 Å². The molecule has 1 aliphatic rings. The molecule has 1 aromatic carbocycles. The molecule has 0 bridgehead atoms. The molecule has 0 aromatic heterocycles. The molecule has 0 radical (unpaired) electrons. The first kappa shape index (κ1) is 13.9. The summed E-state index contributed by atoms with van der Waals surface area (Å²) < 4.78 is 0. The molecular formula is C16H24N2O. The van der Waals surface area contributed by atoms with Gasteiger partial charge in [-0.1, -0.05) is 31.5 Å². The second-order valence-corrected chi connectivity index (χ2v) is 5.82. The fourth-order valence-corrected chi connectivity index (χ4v) is 2.61. The number of anilines is 1. The molecule has 19 heavy (non-hydrogen) atoms. The van der Waals surface area contributed by atoms with Crippen molar-refractivity contribution in [1.29, 1.82) is 0 Å². The van der Waals surface area contributed by atoms with E-state index in [0.29, 0.717) is 0 Å². The van der Waals surface area contributed by atoms with Crippen molar-refractivity contribution in [2.75, 3.05) is 24.5 Å². The zero-order valence-corrected chi connectivity index (χ0v) is 12.4. The molecule has 104 valence electrons. The highest BCUT2D eigenvalue weighted by Gasteiger charge is 2.28. The van der Waals surface area contributed by atoms with E-state index in [9.17, 15) is 4.79 Å². The van der Waals surface area contributed by atoms with E-state index in [1.54, 1.807) is 0 Å². The maximum atomic E-state index is 12.1. The lowest BCUT2D eigenvalue weighted by molar-refractivity contribution is -0.136. The van der Waals surface area contributed by atoms with Crippen LogP contribution in [-0.4, -0.2) is 36.5 Å². The lowest BCUT2D eigenvalue weighted by Gasteiger charge is -2.41. The van der Waals surface area contributed by atoms with Crippen LogP contribution in [0.15, 0.2) is 24.3 Å². The Labute approximate surface area is 116 Å². The first-order valence-electron chi connectivity index (χ1n) is 7.11. The Hall–Kier alpha value is -1.51. The molecule has 1 heterocycles.